The first kappa shape index (κ1) is 16.2. The maximum absolute atomic E-state index is 11.9. The van der Waals surface area contributed by atoms with Crippen molar-refractivity contribution in [2.75, 3.05) is 11.9 Å². The first-order chi connectivity index (χ1) is 11.7. The molecule has 1 amide bonds. The molecule has 0 unspecified atom stereocenters. The van der Waals surface area contributed by atoms with Crippen molar-refractivity contribution in [2.24, 2.45) is 0 Å². The Kier molecular flexibility index (Phi) is 4.88. The Balaban J connectivity index is 1.76. The van der Waals surface area contributed by atoms with E-state index < -0.39 is 0 Å². The molecule has 2 aromatic rings. The Hall–Kier alpha value is -2.70. The molecular formula is C17H21N5O2. The van der Waals surface area contributed by atoms with Crippen molar-refractivity contribution in [3.63, 3.8) is 0 Å². The van der Waals surface area contributed by atoms with E-state index in [-0.39, 0.29) is 18.0 Å². The van der Waals surface area contributed by atoms with E-state index in [1.165, 1.54) is 30.0 Å². The number of carbonyl (C=O) groups excluding carboxylic acids is 1. The number of pyridine rings is 1. The first-order valence-electron chi connectivity index (χ1n) is 8.23. The van der Waals surface area contributed by atoms with Crippen LogP contribution in [0.2, 0.25) is 0 Å². The highest BCUT2D eigenvalue weighted by molar-refractivity contribution is 5.75. The van der Waals surface area contributed by atoms with Gasteiger partial charge in [-0.1, -0.05) is 0 Å². The first-order valence-corrected chi connectivity index (χ1v) is 8.23. The van der Waals surface area contributed by atoms with Crippen molar-refractivity contribution >= 4 is 11.7 Å². The van der Waals surface area contributed by atoms with Gasteiger partial charge in [-0.25, -0.2) is 9.67 Å². The van der Waals surface area contributed by atoms with Gasteiger partial charge in [0.15, 0.2) is 0 Å². The Bertz CT molecular complexity index is 765. The molecule has 3 rings (SSSR count). The summed E-state index contributed by atoms with van der Waals surface area (Å²) in [5.41, 5.74) is 1.11. The molecule has 0 atom stereocenters. The van der Waals surface area contributed by atoms with E-state index in [0.717, 1.165) is 11.4 Å². The lowest BCUT2D eigenvalue weighted by molar-refractivity contribution is -0.121. The van der Waals surface area contributed by atoms with Crippen LogP contribution in [0.4, 0.5) is 5.82 Å². The van der Waals surface area contributed by atoms with Gasteiger partial charge in [-0.15, -0.1) is 0 Å². The van der Waals surface area contributed by atoms with Gasteiger partial charge in [-0.2, -0.15) is 5.10 Å². The average Bonchev–Trinajstić information content (AvgIpc) is 2.54. The van der Waals surface area contributed by atoms with Crippen LogP contribution in [0, 0.1) is 0 Å². The molecule has 0 spiro atoms. The van der Waals surface area contributed by atoms with Crippen molar-refractivity contribution in [1.82, 2.24) is 20.1 Å². The maximum atomic E-state index is 11.9. The highest BCUT2D eigenvalue weighted by atomic mass is 16.2. The number of anilines is 1. The molecule has 126 valence electrons. The Morgan fingerprint density at radius 3 is 2.75 bits per heavy atom. The van der Waals surface area contributed by atoms with Gasteiger partial charge >= 0.3 is 0 Å². The normalized spacial score (nSPS) is 14.0. The van der Waals surface area contributed by atoms with Crippen LogP contribution in [0.5, 0.6) is 0 Å². The van der Waals surface area contributed by atoms with Crippen LogP contribution in [0.15, 0.2) is 35.3 Å². The van der Waals surface area contributed by atoms with Crippen molar-refractivity contribution in [3.05, 3.63) is 40.8 Å². The molecule has 0 bridgehead atoms. The molecule has 1 aliphatic carbocycles. The minimum Gasteiger partial charge on any atom is -0.367 e. The molecule has 2 heterocycles. The highest BCUT2D eigenvalue weighted by Crippen LogP contribution is 2.23. The van der Waals surface area contributed by atoms with Crippen LogP contribution in [0.1, 0.15) is 26.2 Å². The Morgan fingerprint density at radius 1 is 1.29 bits per heavy atom. The number of rotatable bonds is 6. The number of aromatic nitrogens is 3. The molecule has 2 N–H and O–H groups in total. The topological polar surface area (TPSA) is 88.9 Å². The van der Waals surface area contributed by atoms with Crippen LogP contribution in [0.25, 0.3) is 11.3 Å². The summed E-state index contributed by atoms with van der Waals surface area (Å²) in [7, 11) is 0. The van der Waals surface area contributed by atoms with Gasteiger partial charge < -0.3 is 10.6 Å². The smallest absolute Gasteiger partial charge is 0.267 e. The Morgan fingerprint density at radius 2 is 2.12 bits per heavy atom. The molecule has 0 saturated heterocycles. The quantitative estimate of drug-likeness (QED) is 0.837. The average molecular weight is 327 g/mol. The van der Waals surface area contributed by atoms with Gasteiger partial charge in [-0.3, -0.25) is 9.59 Å². The van der Waals surface area contributed by atoms with E-state index in [2.05, 4.69) is 20.7 Å². The zero-order valence-electron chi connectivity index (χ0n) is 13.7. The summed E-state index contributed by atoms with van der Waals surface area (Å²) in [6.45, 7) is 2.26. The van der Waals surface area contributed by atoms with Crippen LogP contribution >= 0.6 is 0 Å². The molecule has 1 fully saturated rings. The lowest BCUT2D eigenvalue weighted by Crippen LogP contribution is -2.33. The summed E-state index contributed by atoms with van der Waals surface area (Å²) in [6, 6.07) is 7.42. The van der Waals surface area contributed by atoms with Crippen LogP contribution in [0.3, 0.4) is 0 Å². The Labute approximate surface area is 140 Å². The molecule has 7 heteroatoms. The molecule has 1 saturated carbocycles. The molecule has 0 aromatic carbocycles. The van der Waals surface area contributed by atoms with Gasteiger partial charge in [0.25, 0.3) is 5.56 Å². The summed E-state index contributed by atoms with van der Waals surface area (Å²) in [5, 5.41) is 10.3. The fourth-order valence-corrected chi connectivity index (χ4v) is 2.50. The van der Waals surface area contributed by atoms with E-state index in [4.69, 9.17) is 0 Å². The molecular weight excluding hydrogens is 306 g/mol. The molecule has 2 aromatic heterocycles. The van der Waals surface area contributed by atoms with Crippen molar-refractivity contribution < 1.29 is 4.79 Å². The molecule has 1 aliphatic rings. The van der Waals surface area contributed by atoms with Crippen LogP contribution in [-0.2, 0) is 11.3 Å². The lowest BCUT2D eigenvalue weighted by atomic mass is 9.93. The van der Waals surface area contributed by atoms with Gasteiger partial charge in [0.1, 0.15) is 12.4 Å². The fraction of sp³-hybridized carbons (Fsp3) is 0.412. The number of nitrogens with zero attached hydrogens (tertiary/aromatic N) is 3. The molecule has 0 radical (unpaired) electrons. The number of nitrogens with one attached hydrogen (secondary N) is 2. The third-order valence-electron chi connectivity index (χ3n) is 4.05. The van der Waals surface area contributed by atoms with E-state index >= 15 is 0 Å². The highest BCUT2D eigenvalue weighted by Gasteiger charge is 2.17. The number of amides is 1. The number of carbonyl (C=O) groups is 1. The van der Waals surface area contributed by atoms with Crippen LogP contribution in [-0.4, -0.2) is 33.3 Å². The largest absolute Gasteiger partial charge is 0.367 e. The molecule has 0 aliphatic heterocycles. The summed E-state index contributed by atoms with van der Waals surface area (Å²) in [6.07, 6.45) is 5.38. The zero-order chi connectivity index (χ0) is 16.9. The second-order valence-electron chi connectivity index (χ2n) is 5.87. The number of hydrogen-bond donors (Lipinski definition) is 2. The third kappa shape index (κ3) is 3.79. The minimum atomic E-state index is -0.304. The minimum absolute atomic E-state index is 0.0880. The van der Waals surface area contributed by atoms with Crippen LogP contribution < -0.4 is 16.2 Å². The SMILES string of the molecule is CCNC(=O)Cn1nc(-c2ccc(NC3CCC3)nc2)ccc1=O. The van der Waals surface area contributed by atoms with Gasteiger partial charge in [-0.05, 0) is 44.4 Å². The predicted octanol–water partition coefficient (Wildman–Crippen LogP) is 1.41. The monoisotopic (exact) mass is 327 g/mol. The number of hydrogen-bond acceptors (Lipinski definition) is 5. The van der Waals surface area contributed by atoms with Crippen molar-refractivity contribution in [1.29, 1.82) is 0 Å². The summed E-state index contributed by atoms with van der Waals surface area (Å²) < 4.78 is 1.17. The predicted molar refractivity (Wildman–Crippen MR) is 91.7 cm³/mol. The second kappa shape index (κ2) is 7.25. The summed E-state index contributed by atoms with van der Waals surface area (Å²) >= 11 is 0. The second-order valence-corrected chi connectivity index (χ2v) is 5.87. The van der Waals surface area contributed by atoms with E-state index in [0.29, 0.717) is 18.3 Å². The maximum Gasteiger partial charge on any atom is 0.267 e. The van der Waals surface area contributed by atoms with Crippen molar-refractivity contribution in [3.8, 4) is 11.3 Å². The summed E-state index contributed by atoms with van der Waals surface area (Å²) in [5.74, 6) is 0.613. The van der Waals surface area contributed by atoms with E-state index in [1.807, 2.05) is 19.1 Å². The van der Waals surface area contributed by atoms with Gasteiger partial charge in [0.2, 0.25) is 5.91 Å². The van der Waals surface area contributed by atoms with Gasteiger partial charge in [0.05, 0.1) is 5.69 Å². The third-order valence-corrected chi connectivity index (χ3v) is 4.05. The summed E-state index contributed by atoms with van der Waals surface area (Å²) in [4.78, 5) is 27.9. The van der Waals surface area contributed by atoms with Gasteiger partial charge in [0, 0.05) is 30.4 Å². The lowest BCUT2D eigenvalue weighted by Gasteiger charge is -2.26. The standard InChI is InChI=1S/C17H21N5O2/c1-2-18-16(23)11-22-17(24)9-7-14(21-22)12-6-8-15(19-10-12)20-13-4-3-5-13/h6-10,13H,2-5,11H2,1H3,(H,18,23)(H,19,20). The van der Waals surface area contributed by atoms with E-state index in [1.54, 1.807) is 12.3 Å². The fourth-order valence-electron chi connectivity index (χ4n) is 2.50. The number of likely N-dealkylation sites (N-methyl/N-ethyl adjacent to an activating group) is 1. The molecule has 7 nitrogen and oxygen atoms in total. The van der Waals surface area contributed by atoms with Crippen molar-refractivity contribution in [2.45, 2.75) is 38.8 Å². The van der Waals surface area contributed by atoms with E-state index in [9.17, 15) is 9.59 Å². The molecule has 24 heavy (non-hydrogen) atoms. The zero-order valence-corrected chi connectivity index (χ0v) is 13.7.